The zero-order chi connectivity index (χ0) is 17.1. The van der Waals surface area contributed by atoms with Crippen LogP contribution in [0.2, 0.25) is 15.1 Å². The number of hydrogen-bond donors (Lipinski definition) is 2. The third-order valence-corrected chi connectivity index (χ3v) is 3.90. The van der Waals surface area contributed by atoms with Crippen LogP contribution >= 0.6 is 34.8 Å². The zero-order valence-corrected chi connectivity index (χ0v) is 14.3. The van der Waals surface area contributed by atoms with Crippen LogP contribution in [0.5, 0.6) is 0 Å². The molecule has 122 valence electrons. The summed E-state index contributed by atoms with van der Waals surface area (Å²) in [6.45, 7) is 0. The maximum Gasteiger partial charge on any atom is 0.271 e. The van der Waals surface area contributed by atoms with Gasteiger partial charge in [0.2, 0.25) is 0 Å². The first-order chi connectivity index (χ1) is 11.5. The third kappa shape index (κ3) is 3.62. The minimum atomic E-state index is -0.387. The molecule has 2 N–H and O–H groups in total. The fourth-order valence-corrected chi connectivity index (χ4v) is 2.83. The molecule has 6 nitrogen and oxygen atoms in total. The van der Waals surface area contributed by atoms with Gasteiger partial charge in [0.15, 0.2) is 0 Å². The first kappa shape index (κ1) is 16.6. The van der Waals surface area contributed by atoms with Crippen LogP contribution in [0.15, 0.2) is 49.2 Å². The van der Waals surface area contributed by atoms with E-state index in [4.69, 9.17) is 34.8 Å². The first-order valence-corrected chi connectivity index (χ1v) is 7.83. The standard InChI is InChI=1S/C15H10Cl3N5O/c16-10-5-11(17)14(12(18)6-10)21-22-15(24)9-1-2-13(20-7-9)23-4-3-19-8-23/h1-8,21H,(H,22,24). The number of carbonyl (C=O) groups excluding carboxylic acids is 1. The Bertz CT molecular complexity index is 842. The highest BCUT2D eigenvalue weighted by Crippen LogP contribution is 2.33. The maximum atomic E-state index is 12.2. The number of halogens is 3. The van der Waals surface area contributed by atoms with E-state index in [2.05, 4.69) is 20.8 Å². The summed E-state index contributed by atoms with van der Waals surface area (Å²) in [5.74, 6) is 0.266. The Balaban J connectivity index is 1.69. The van der Waals surface area contributed by atoms with E-state index >= 15 is 0 Å². The highest BCUT2D eigenvalue weighted by Gasteiger charge is 2.11. The Hall–Kier alpha value is -2.28. The molecule has 0 unspecified atom stereocenters. The van der Waals surface area contributed by atoms with Gasteiger partial charge in [0, 0.05) is 23.6 Å². The molecule has 0 aliphatic rings. The lowest BCUT2D eigenvalue weighted by molar-refractivity contribution is 0.0962. The molecule has 0 saturated heterocycles. The minimum absolute atomic E-state index is 0.293. The maximum absolute atomic E-state index is 12.2. The predicted molar refractivity (Wildman–Crippen MR) is 93.9 cm³/mol. The molecule has 9 heteroatoms. The summed E-state index contributed by atoms with van der Waals surface area (Å²) in [6, 6.07) is 6.39. The van der Waals surface area contributed by atoms with Crippen LogP contribution in [0, 0.1) is 0 Å². The van der Waals surface area contributed by atoms with Crippen molar-refractivity contribution in [1.82, 2.24) is 20.0 Å². The molecule has 1 aromatic carbocycles. The number of anilines is 1. The van der Waals surface area contributed by atoms with Crippen LogP contribution in [-0.2, 0) is 0 Å². The van der Waals surface area contributed by atoms with Gasteiger partial charge < -0.3 is 0 Å². The molecule has 24 heavy (non-hydrogen) atoms. The smallest absolute Gasteiger partial charge is 0.271 e. The van der Waals surface area contributed by atoms with E-state index in [-0.39, 0.29) is 5.91 Å². The second-order valence-corrected chi connectivity index (χ2v) is 5.95. The summed E-state index contributed by atoms with van der Waals surface area (Å²) >= 11 is 17.9. The SMILES string of the molecule is O=C(NNc1c(Cl)cc(Cl)cc1Cl)c1ccc(-n2ccnc2)nc1. The second-order valence-electron chi connectivity index (χ2n) is 4.70. The van der Waals surface area contributed by atoms with Gasteiger partial charge in [-0.05, 0) is 24.3 Å². The van der Waals surface area contributed by atoms with Crippen LogP contribution in [0.3, 0.4) is 0 Å². The number of nitrogens with zero attached hydrogens (tertiary/aromatic N) is 3. The molecular formula is C15H10Cl3N5O. The molecule has 0 saturated carbocycles. The molecule has 0 aliphatic carbocycles. The van der Waals surface area contributed by atoms with Gasteiger partial charge in [-0.2, -0.15) is 0 Å². The number of carbonyl (C=O) groups is 1. The van der Waals surface area contributed by atoms with Crippen LogP contribution in [-0.4, -0.2) is 20.4 Å². The third-order valence-electron chi connectivity index (χ3n) is 3.09. The number of pyridine rings is 1. The van der Waals surface area contributed by atoms with Gasteiger partial charge in [-0.25, -0.2) is 9.97 Å². The van der Waals surface area contributed by atoms with Crippen LogP contribution in [0.4, 0.5) is 5.69 Å². The molecule has 2 aromatic heterocycles. The highest BCUT2D eigenvalue weighted by molar-refractivity contribution is 6.41. The van der Waals surface area contributed by atoms with Crippen molar-refractivity contribution in [1.29, 1.82) is 0 Å². The lowest BCUT2D eigenvalue weighted by Gasteiger charge is -2.12. The lowest BCUT2D eigenvalue weighted by Crippen LogP contribution is -2.29. The largest absolute Gasteiger partial charge is 0.295 e. The van der Waals surface area contributed by atoms with Gasteiger partial charge in [-0.3, -0.25) is 20.2 Å². The molecule has 3 rings (SSSR count). The summed E-state index contributed by atoms with van der Waals surface area (Å²) in [6.07, 6.45) is 6.48. The van der Waals surface area contributed by atoms with Gasteiger partial charge in [0.25, 0.3) is 5.91 Å². The molecular weight excluding hydrogens is 373 g/mol. The van der Waals surface area contributed by atoms with E-state index < -0.39 is 0 Å². The van der Waals surface area contributed by atoms with Gasteiger partial charge in [0.05, 0.1) is 21.3 Å². The van der Waals surface area contributed by atoms with Gasteiger partial charge in [-0.15, -0.1) is 0 Å². The second kappa shape index (κ2) is 7.09. The van der Waals surface area contributed by atoms with Crippen molar-refractivity contribution in [3.63, 3.8) is 0 Å². The van der Waals surface area contributed by atoms with E-state index in [1.165, 1.54) is 18.3 Å². The molecule has 0 radical (unpaired) electrons. The Labute approximate surface area is 152 Å². The quantitative estimate of drug-likeness (QED) is 0.669. The predicted octanol–water partition coefficient (Wildman–Crippen LogP) is 3.98. The number of hydrazine groups is 1. The van der Waals surface area contributed by atoms with Gasteiger partial charge >= 0.3 is 0 Å². The van der Waals surface area contributed by atoms with Crippen molar-refractivity contribution in [2.24, 2.45) is 0 Å². The summed E-state index contributed by atoms with van der Waals surface area (Å²) in [5.41, 5.74) is 5.92. The van der Waals surface area contributed by atoms with E-state index in [0.717, 1.165) is 0 Å². The zero-order valence-electron chi connectivity index (χ0n) is 12.0. The molecule has 0 bridgehead atoms. The molecule has 0 atom stereocenters. The first-order valence-electron chi connectivity index (χ1n) is 6.70. The van der Waals surface area contributed by atoms with Crippen LogP contribution in [0.25, 0.3) is 5.82 Å². The molecule has 3 aromatic rings. The summed E-state index contributed by atoms with van der Waals surface area (Å²) in [4.78, 5) is 20.3. The molecule has 2 heterocycles. The topological polar surface area (TPSA) is 71.8 Å². The van der Waals surface area contributed by atoms with Crippen molar-refractivity contribution >= 4 is 46.4 Å². The Kier molecular flexibility index (Phi) is 4.89. The number of benzene rings is 1. The fraction of sp³-hybridized carbons (Fsp3) is 0. The van der Waals surface area contributed by atoms with E-state index in [1.807, 2.05) is 0 Å². The Morgan fingerprint density at radius 1 is 1.12 bits per heavy atom. The van der Waals surface area contributed by atoms with Gasteiger partial charge in [-0.1, -0.05) is 34.8 Å². The number of nitrogens with one attached hydrogen (secondary N) is 2. The van der Waals surface area contributed by atoms with Crippen LogP contribution < -0.4 is 10.9 Å². The van der Waals surface area contributed by atoms with Gasteiger partial charge in [0.1, 0.15) is 12.1 Å². The summed E-state index contributed by atoms with van der Waals surface area (Å²) in [7, 11) is 0. The van der Waals surface area contributed by atoms with E-state index in [9.17, 15) is 4.79 Å². The number of amides is 1. The highest BCUT2D eigenvalue weighted by atomic mass is 35.5. The summed E-state index contributed by atoms with van der Waals surface area (Å²) < 4.78 is 1.73. The molecule has 0 aliphatic heterocycles. The summed E-state index contributed by atoms with van der Waals surface area (Å²) in [5, 5.41) is 0.990. The Morgan fingerprint density at radius 3 is 2.46 bits per heavy atom. The van der Waals surface area contributed by atoms with Crippen LogP contribution in [0.1, 0.15) is 10.4 Å². The van der Waals surface area contributed by atoms with Crippen molar-refractivity contribution < 1.29 is 4.79 Å². The van der Waals surface area contributed by atoms with Crippen molar-refractivity contribution in [3.05, 3.63) is 69.8 Å². The fourth-order valence-electron chi connectivity index (χ4n) is 1.92. The lowest BCUT2D eigenvalue weighted by atomic mass is 10.2. The monoisotopic (exact) mass is 381 g/mol. The minimum Gasteiger partial charge on any atom is -0.295 e. The number of aromatic nitrogens is 3. The normalized spacial score (nSPS) is 10.5. The number of rotatable bonds is 4. The van der Waals surface area contributed by atoms with Crippen molar-refractivity contribution in [3.8, 4) is 5.82 Å². The van der Waals surface area contributed by atoms with Crippen molar-refractivity contribution in [2.75, 3.05) is 5.43 Å². The molecule has 0 fully saturated rings. The number of hydrogen-bond acceptors (Lipinski definition) is 4. The van der Waals surface area contributed by atoms with E-state index in [0.29, 0.717) is 32.1 Å². The Morgan fingerprint density at radius 2 is 1.88 bits per heavy atom. The number of imidazole rings is 1. The van der Waals surface area contributed by atoms with E-state index in [1.54, 1.807) is 35.4 Å². The average Bonchev–Trinajstić information content (AvgIpc) is 3.08. The van der Waals surface area contributed by atoms with Crippen molar-refractivity contribution in [2.45, 2.75) is 0 Å². The molecule has 0 spiro atoms. The molecule has 1 amide bonds. The average molecular weight is 383 g/mol.